The Balaban J connectivity index is 0.000000441. The second-order valence-corrected chi connectivity index (χ2v) is 5.97. The van der Waals surface area contributed by atoms with E-state index in [1.165, 1.54) is 83.7 Å². The molecule has 2 nitrogen and oxygen atoms in total. The van der Waals surface area contributed by atoms with Crippen LogP contribution in [0.2, 0.25) is 0 Å². The van der Waals surface area contributed by atoms with E-state index in [1.807, 2.05) is 0 Å². The second kappa shape index (κ2) is 17.0. The highest BCUT2D eigenvalue weighted by atomic mass is 16.6. The molecule has 0 aromatic heterocycles. The predicted octanol–water partition coefficient (Wildman–Crippen LogP) is 5.31. The van der Waals surface area contributed by atoms with E-state index in [4.69, 9.17) is 4.74 Å². The van der Waals surface area contributed by atoms with Crippen LogP contribution in [-0.2, 0) is 4.74 Å². The van der Waals surface area contributed by atoms with Crippen LogP contribution in [0.15, 0.2) is 0 Å². The van der Waals surface area contributed by atoms with Crippen molar-refractivity contribution in [1.29, 1.82) is 0 Å². The summed E-state index contributed by atoms with van der Waals surface area (Å²) in [6, 6.07) is 0. The average Bonchev–Trinajstić information content (AvgIpc) is 3.27. The Morgan fingerprint density at radius 2 is 1.25 bits per heavy atom. The summed E-state index contributed by atoms with van der Waals surface area (Å²) in [5.74, 6) is 0. The highest BCUT2D eigenvalue weighted by molar-refractivity contribution is 4.68. The molecule has 122 valence electrons. The Labute approximate surface area is 128 Å². The normalized spacial score (nSPS) is 16.6. The van der Waals surface area contributed by atoms with Crippen molar-refractivity contribution >= 4 is 0 Å². The minimum absolute atomic E-state index is 0.653. The number of epoxide rings is 1. The summed E-state index contributed by atoms with van der Waals surface area (Å²) < 4.78 is 5.17. The van der Waals surface area contributed by atoms with Gasteiger partial charge in [0.05, 0.1) is 12.7 Å². The van der Waals surface area contributed by atoms with Crippen LogP contribution in [-0.4, -0.2) is 25.8 Å². The second-order valence-electron chi connectivity index (χ2n) is 5.97. The van der Waals surface area contributed by atoms with E-state index in [-0.39, 0.29) is 0 Å². The summed E-state index contributed by atoms with van der Waals surface area (Å²) >= 11 is 0. The zero-order chi connectivity index (χ0) is 14.9. The molecule has 1 aliphatic heterocycles. The van der Waals surface area contributed by atoms with Crippen LogP contribution >= 0.6 is 0 Å². The summed E-state index contributed by atoms with van der Waals surface area (Å²) in [5, 5.41) is 3.28. The van der Waals surface area contributed by atoms with Crippen LogP contribution in [0.3, 0.4) is 0 Å². The Morgan fingerprint density at radius 1 is 0.750 bits per heavy atom. The molecule has 0 amide bonds. The van der Waals surface area contributed by atoms with Gasteiger partial charge < -0.3 is 10.1 Å². The minimum Gasteiger partial charge on any atom is -0.373 e. The molecule has 1 atom stereocenters. The maximum absolute atomic E-state index is 5.17. The zero-order valence-corrected chi connectivity index (χ0v) is 14.4. The van der Waals surface area contributed by atoms with Crippen LogP contribution in [0.5, 0.6) is 0 Å². The molecule has 0 radical (unpaired) electrons. The Morgan fingerprint density at radius 3 is 1.70 bits per heavy atom. The van der Waals surface area contributed by atoms with Gasteiger partial charge in [-0.2, -0.15) is 0 Å². The number of ether oxygens (including phenoxy) is 1. The van der Waals surface area contributed by atoms with Gasteiger partial charge in [-0.15, -0.1) is 0 Å². The molecule has 0 bridgehead atoms. The molecule has 1 unspecified atom stereocenters. The molecule has 0 aromatic carbocycles. The van der Waals surface area contributed by atoms with E-state index >= 15 is 0 Å². The summed E-state index contributed by atoms with van der Waals surface area (Å²) in [4.78, 5) is 0. The molecule has 1 aliphatic rings. The molecule has 20 heavy (non-hydrogen) atoms. The van der Waals surface area contributed by atoms with Crippen LogP contribution in [0.4, 0.5) is 0 Å². The van der Waals surface area contributed by atoms with Crippen molar-refractivity contribution in [2.45, 2.75) is 97.5 Å². The standard InChI is InChI=1S/C12H24O.C6H15N/c1-2-3-4-5-6-7-8-9-10-12-11-13-12;1-3-5-7-6-4-2/h12H,2-11H2,1H3;7H,3-6H2,1-2H3. The third-order valence-electron chi connectivity index (χ3n) is 3.64. The van der Waals surface area contributed by atoms with Crippen molar-refractivity contribution in [3.05, 3.63) is 0 Å². The van der Waals surface area contributed by atoms with Crippen molar-refractivity contribution in [1.82, 2.24) is 5.32 Å². The first-order valence-electron chi connectivity index (χ1n) is 9.17. The first-order valence-corrected chi connectivity index (χ1v) is 9.17. The molecule has 0 spiro atoms. The largest absolute Gasteiger partial charge is 0.373 e. The zero-order valence-electron chi connectivity index (χ0n) is 14.4. The van der Waals surface area contributed by atoms with Gasteiger partial charge in [0.15, 0.2) is 0 Å². The predicted molar refractivity (Wildman–Crippen MR) is 90.4 cm³/mol. The van der Waals surface area contributed by atoms with Crippen molar-refractivity contribution in [3.63, 3.8) is 0 Å². The number of hydrogen-bond donors (Lipinski definition) is 1. The lowest BCUT2D eigenvalue weighted by Gasteiger charge is -1.99. The van der Waals surface area contributed by atoms with Gasteiger partial charge in [0.2, 0.25) is 0 Å². The van der Waals surface area contributed by atoms with E-state index in [9.17, 15) is 0 Å². The fourth-order valence-corrected chi connectivity index (χ4v) is 2.22. The van der Waals surface area contributed by atoms with Gasteiger partial charge in [-0.1, -0.05) is 72.1 Å². The van der Waals surface area contributed by atoms with Gasteiger partial charge in [-0.3, -0.25) is 0 Å². The lowest BCUT2D eigenvalue weighted by atomic mass is 10.1. The molecule has 1 saturated heterocycles. The average molecular weight is 286 g/mol. The molecule has 0 saturated carbocycles. The summed E-state index contributed by atoms with van der Waals surface area (Å²) in [7, 11) is 0. The lowest BCUT2D eigenvalue weighted by Crippen LogP contribution is -2.14. The van der Waals surface area contributed by atoms with Crippen LogP contribution in [0.1, 0.15) is 91.4 Å². The van der Waals surface area contributed by atoms with Gasteiger partial charge in [-0.25, -0.2) is 0 Å². The maximum atomic E-state index is 5.17. The van der Waals surface area contributed by atoms with E-state index in [0.29, 0.717) is 6.10 Å². The van der Waals surface area contributed by atoms with Gasteiger partial charge in [0.25, 0.3) is 0 Å². The molecule has 0 aliphatic carbocycles. The quantitative estimate of drug-likeness (QED) is 0.366. The number of unbranched alkanes of at least 4 members (excludes halogenated alkanes) is 7. The fraction of sp³-hybridized carbons (Fsp3) is 1.00. The van der Waals surface area contributed by atoms with Gasteiger partial charge in [0.1, 0.15) is 0 Å². The van der Waals surface area contributed by atoms with Crippen LogP contribution in [0, 0.1) is 0 Å². The fourth-order valence-electron chi connectivity index (χ4n) is 2.22. The minimum atomic E-state index is 0.653. The topological polar surface area (TPSA) is 24.6 Å². The van der Waals surface area contributed by atoms with Crippen LogP contribution < -0.4 is 5.32 Å². The van der Waals surface area contributed by atoms with E-state index in [1.54, 1.807) is 0 Å². The van der Waals surface area contributed by atoms with Crippen molar-refractivity contribution in [3.8, 4) is 0 Å². The molecule has 1 N–H and O–H groups in total. The highest BCUT2D eigenvalue weighted by Crippen LogP contribution is 2.18. The number of hydrogen-bond acceptors (Lipinski definition) is 2. The summed E-state index contributed by atoms with van der Waals surface area (Å²) in [5.41, 5.74) is 0. The maximum Gasteiger partial charge on any atom is 0.0810 e. The Hall–Kier alpha value is -0.0800. The van der Waals surface area contributed by atoms with Gasteiger partial charge in [-0.05, 0) is 32.4 Å². The summed E-state index contributed by atoms with van der Waals surface area (Å²) in [6.45, 7) is 10.0. The van der Waals surface area contributed by atoms with Crippen molar-refractivity contribution in [2.24, 2.45) is 0 Å². The van der Waals surface area contributed by atoms with Gasteiger partial charge >= 0.3 is 0 Å². The van der Waals surface area contributed by atoms with E-state index < -0.39 is 0 Å². The third-order valence-corrected chi connectivity index (χ3v) is 3.64. The van der Waals surface area contributed by atoms with Crippen molar-refractivity contribution < 1.29 is 4.74 Å². The first kappa shape index (κ1) is 19.9. The molecule has 1 heterocycles. The van der Waals surface area contributed by atoms with E-state index in [2.05, 4.69) is 26.1 Å². The Kier molecular flexibility index (Phi) is 16.9. The molecular formula is C18H39NO. The Bertz CT molecular complexity index is 165. The molecule has 2 heteroatoms. The third kappa shape index (κ3) is 17.9. The van der Waals surface area contributed by atoms with Crippen LogP contribution in [0.25, 0.3) is 0 Å². The first-order chi connectivity index (χ1) is 9.85. The molecule has 1 rings (SSSR count). The molecular weight excluding hydrogens is 246 g/mol. The number of nitrogens with one attached hydrogen (secondary N) is 1. The van der Waals surface area contributed by atoms with E-state index in [0.717, 1.165) is 6.61 Å². The molecule has 1 fully saturated rings. The number of rotatable bonds is 13. The smallest absolute Gasteiger partial charge is 0.0810 e. The lowest BCUT2D eigenvalue weighted by molar-refractivity contribution is 0.387. The highest BCUT2D eigenvalue weighted by Gasteiger charge is 2.20. The van der Waals surface area contributed by atoms with Crippen molar-refractivity contribution in [2.75, 3.05) is 19.7 Å². The molecule has 0 aromatic rings. The summed E-state index contributed by atoms with van der Waals surface area (Å²) in [6.07, 6.45) is 15.9. The van der Waals surface area contributed by atoms with Gasteiger partial charge in [0, 0.05) is 0 Å². The monoisotopic (exact) mass is 285 g/mol. The SMILES string of the molecule is CCCCCCCCCCC1CO1.CCCNCCC.